The maximum atomic E-state index is 5.40. The second-order valence-electron chi connectivity index (χ2n) is 5.27. The third-order valence-corrected chi connectivity index (χ3v) is 4.05. The quantitative estimate of drug-likeness (QED) is 0.670. The van der Waals surface area contributed by atoms with Crippen molar-refractivity contribution >= 4 is 21.9 Å². The Kier molecular flexibility index (Phi) is 5.48. The Labute approximate surface area is 129 Å². The lowest BCUT2D eigenvalue weighted by molar-refractivity contribution is 0.186. The van der Waals surface area contributed by atoms with Gasteiger partial charge in [-0.25, -0.2) is 0 Å². The molecule has 1 aliphatic rings. The standard InChI is InChI=1S/C14H23BrN4O/c1-16-14(17-7-11-4-5-20-10-11)19(3)9-13-6-12(15)8-18(13)2/h6,8,11H,4-5,7,9-10H2,1-3H3,(H,16,17). The molecule has 0 amide bonds. The summed E-state index contributed by atoms with van der Waals surface area (Å²) in [6.45, 7) is 3.49. The largest absolute Gasteiger partial charge is 0.381 e. The molecule has 6 heteroatoms. The number of aliphatic imine (C=N–C) groups is 1. The summed E-state index contributed by atoms with van der Waals surface area (Å²) in [5, 5.41) is 3.43. The van der Waals surface area contributed by atoms with Gasteiger partial charge in [0.1, 0.15) is 0 Å². The summed E-state index contributed by atoms with van der Waals surface area (Å²) < 4.78 is 8.63. The minimum absolute atomic E-state index is 0.601. The summed E-state index contributed by atoms with van der Waals surface area (Å²) in [5.74, 6) is 1.53. The van der Waals surface area contributed by atoms with Crippen molar-refractivity contribution in [2.75, 3.05) is 33.9 Å². The highest BCUT2D eigenvalue weighted by atomic mass is 79.9. The van der Waals surface area contributed by atoms with E-state index in [1.54, 1.807) is 0 Å². The lowest BCUT2D eigenvalue weighted by Crippen LogP contribution is -2.41. The Morgan fingerprint density at radius 1 is 1.65 bits per heavy atom. The van der Waals surface area contributed by atoms with Crippen molar-refractivity contribution in [1.29, 1.82) is 0 Å². The predicted molar refractivity (Wildman–Crippen MR) is 84.9 cm³/mol. The Morgan fingerprint density at radius 3 is 3.00 bits per heavy atom. The number of rotatable bonds is 4. The fourth-order valence-corrected chi connectivity index (χ4v) is 2.98. The number of aryl methyl sites for hydroxylation is 1. The summed E-state index contributed by atoms with van der Waals surface area (Å²) in [7, 11) is 5.94. The zero-order valence-electron chi connectivity index (χ0n) is 12.4. The molecular weight excluding hydrogens is 320 g/mol. The molecule has 1 aliphatic heterocycles. The lowest BCUT2D eigenvalue weighted by atomic mass is 10.1. The topological polar surface area (TPSA) is 41.8 Å². The van der Waals surface area contributed by atoms with Gasteiger partial charge in [0.2, 0.25) is 0 Å². The first-order valence-electron chi connectivity index (χ1n) is 6.90. The third-order valence-electron chi connectivity index (χ3n) is 3.62. The van der Waals surface area contributed by atoms with Crippen LogP contribution in [0.4, 0.5) is 0 Å². The van der Waals surface area contributed by atoms with Gasteiger partial charge in [0.25, 0.3) is 0 Å². The lowest BCUT2D eigenvalue weighted by Gasteiger charge is -2.23. The van der Waals surface area contributed by atoms with Crippen molar-refractivity contribution in [3.05, 3.63) is 22.4 Å². The molecule has 0 aliphatic carbocycles. The van der Waals surface area contributed by atoms with Crippen molar-refractivity contribution in [3.63, 3.8) is 0 Å². The van der Waals surface area contributed by atoms with Crippen molar-refractivity contribution in [2.24, 2.45) is 18.0 Å². The Bertz CT molecular complexity index is 466. The number of halogens is 1. The van der Waals surface area contributed by atoms with E-state index >= 15 is 0 Å². The van der Waals surface area contributed by atoms with E-state index in [-0.39, 0.29) is 0 Å². The first-order chi connectivity index (χ1) is 9.60. The van der Waals surface area contributed by atoms with Crippen LogP contribution in [-0.4, -0.2) is 49.3 Å². The van der Waals surface area contributed by atoms with Gasteiger partial charge >= 0.3 is 0 Å². The molecule has 1 saturated heterocycles. The van der Waals surface area contributed by atoms with Crippen LogP contribution in [0.3, 0.4) is 0 Å². The van der Waals surface area contributed by atoms with Gasteiger partial charge in [-0.2, -0.15) is 0 Å². The molecule has 0 aromatic carbocycles. The average molecular weight is 343 g/mol. The van der Waals surface area contributed by atoms with Crippen molar-refractivity contribution < 1.29 is 4.74 Å². The van der Waals surface area contributed by atoms with E-state index in [2.05, 4.69) is 62.1 Å². The molecule has 2 heterocycles. The van der Waals surface area contributed by atoms with Crippen LogP contribution in [0.1, 0.15) is 12.1 Å². The van der Waals surface area contributed by atoms with Crippen LogP contribution in [0.2, 0.25) is 0 Å². The van der Waals surface area contributed by atoms with Gasteiger partial charge in [-0.3, -0.25) is 4.99 Å². The van der Waals surface area contributed by atoms with E-state index in [0.29, 0.717) is 5.92 Å². The maximum Gasteiger partial charge on any atom is 0.193 e. The van der Waals surface area contributed by atoms with E-state index in [9.17, 15) is 0 Å². The smallest absolute Gasteiger partial charge is 0.193 e. The fraction of sp³-hybridized carbons (Fsp3) is 0.643. The molecule has 1 aromatic heterocycles. The van der Waals surface area contributed by atoms with Crippen LogP contribution in [-0.2, 0) is 18.3 Å². The van der Waals surface area contributed by atoms with Crippen molar-refractivity contribution in [1.82, 2.24) is 14.8 Å². The molecule has 0 saturated carbocycles. The van der Waals surface area contributed by atoms with E-state index < -0.39 is 0 Å². The molecule has 1 N–H and O–H groups in total. The summed E-state index contributed by atoms with van der Waals surface area (Å²) >= 11 is 3.50. The molecule has 2 rings (SSSR count). The highest BCUT2D eigenvalue weighted by Crippen LogP contribution is 2.15. The first kappa shape index (κ1) is 15.4. The molecular formula is C14H23BrN4O. The van der Waals surface area contributed by atoms with E-state index in [1.165, 1.54) is 5.69 Å². The van der Waals surface area contributed by atoms with Crippen LogP contribution >= 0.6 is 15.9 Å². The molecule has 0 bridgehead atoms. The van der Waals surface area contributed by atoms with Crippen molar-refractivity contribution in [2.45, 2.75) is 13.0 Å². The zero-order valence-corrected chi connectivity index (χ0v) is 14.0. The third kappa shape index (κ3) is 3.99. The van der Waals surface area contributed by atoms with Gasteiger partial charge < -0.3 is 19.5 Å². The molecule has 20 heavy (non-hydrogen) atoms. The van der Waals surface area contributed by atoms with Crippen LogP contribution in [0.5, 0.6) is 0 Å². The maximum absolute atomic E-state index is 5.40. The fourth-order valence-electron chi connectivity index (χ4n) is 2.41. The molecule has 1 unspecified atom stereocenters. The molecule has 0 spiro atoms. The van der Waals surface area contributed by atoms with Crippen LogP contribution in [0.25, 0.3) is 0 Å². The average Bonchev–Trinajstić information content (AvgIpc) is 3.01. The molecule has 5 nitrogen and oxygen atoms in total. The number of nitrogens with zero attached hydrogens (tertiary/aromatic N) is 3. The van der Waals surface area contributed by atoms with Gasteiger partial charge in [-0.15, -0.1) is 0 Å². The van der Waals surface area contributed by atoms with Gasteiger partial charge in [-0.1, -0.05) is 0 Å². The minimum Gasteiger partial charge on any atom is -0.381 e. The second-order valence-corrected chi connectivity index (χ2v) is 6.19. The summed E-state index contributed by atoms with van der Waals surface area (Å²) in [6, 6.07) is 2.13. The highest BCUT2D eigenvalue weighted by Gasteiger charge is 2.17. The Hall–Kier alpha value is -1.01. The van der Waals surface area contributed by atoms with E-state index in [1.807, 2.05) is 7.05 Å². The van der Waals surface area contributed by atoms with Crippen LogP contribution < -0.4 is 5.32 Å². The number of aromatic nitrogens is 1. The normalized spacial score (nSPS) is 19.4. The van der Waals surface area contributed by atoms with Gasteiger partial charge in [0.05, 0.1) is 13.2 Å². The second kappa shape index (κ2) is 7.13. The van der Waals surface area contributed by atoms with Gasteiger partial charge in [0.15, 0.2) is 5.96 Å². The number of guanidine groups is 1. The predicted octanol–water partition coefficient (Wildman–Crippen LogP) is 1.83. The number of hydrogen-bond donors (Lipinski definition) is 1. The number of hydrogen-bond acceptors (Lipinski definition) is 2. The summed E-state index contributed by atoms with van der Waals surface area (Å²) in [5.41, 5.74) is 1.24. The minimum atomic E-state index is 0.601. The van der Waals surface area contributed by atoms with Crippen molar-refractivity contribution in [3.8, 4) is 0 Å². The molecule has 1 aromatic rings. The summed E-state index contributed by atoms with van der Waals surface area (Å²) in [4.78, 5) is 6.49. The monoisotopic (exact) mass is 342 g/mol. The van der Waals surface area contributed by atoms with Crippen LogP contribution in [0, 0.1) is 5.92 Å². The number of nitrogens with one attached hydrogen (secondary N) is 1. The highest BCUT2D eigenvalue weighted by molar-refractivity contribution is 9.10. The van der Waals surface area contributed by atoms with Crippen LogP contribution in [0.15, 0.2) is 21.7 Å². The summed E-state index contributed by atoms with van der Waals surface area (Å²) in [6.07, 6.45) is 3.20. The Morgan fingerprint density at radius 2 is 2.45 bits per heavy atom. The number of ether oxygens (including phenoxy) is 1. The van der Waals surface area contributed by atoms with E-state index in [4.69, 9.17) is 4.74 Å². The zero-order chi connectivity index (χ0) is 14.5. The van der Waals surface area contributed by atoms with Gasteiger partial charge in [-0.05, 0) is 28.4 Å². The molecule has 0 radical (unpaired) electrons. The SMILES string of the molecule is CN=C(NCC1CCOC1)N(C)Cc1cc(Br)cn1C. The van der Waals surface area contributed by atoms with Gasteiger partial charge in [0, 0.05) is 56.6 Å². The first-order valence-corrected chi connectivity index (χ1v) is 7.69. The molecule has 1 atom stereocenters. The Balaban J connectivity index is 1.88. The van der Waals surface area contributed by atoms with E-state index in [0.717, 1.165) is 43.2 Å². The molecule has 112 valence electrons. The molecule has 1 fully saturated rings.